The minimum atomic E-state index is -4.95. The topological polar surface area (TPSA) is 69.7 Å². The van der Waals surface area contributed by atoms with Crippen LogP contribution in [0.1, 0.15) is 54.4 Å². The average Bonchev–Trinajstić information content (AvgIpc) is 2.96. The van der Waals surface area contributed by atoms with E-state index in [1.165, 1.54) is 6.92 Å². The number of benzene rings is 2. The van der Waals surface area contributed by atoms with Crippen LogP contribution in [0.3, 0.4) is 0 Å². The standard InChI is InChI=1S/C30H33F6N3O3/c1-19(40)38-12-8-22(9-13-38)28(42)39-14-10-25(26(18-39)21-5-3-2-4-6-21)27(41)37-11-7-20-15-23(29(31,32)33)17-24(16-20)30(34,35)36/h2-6,15-17,22,25-26H,7-14,18H2,1H3,(H,37,41). The fraction of sp³-hybridized carbons (Fsp3) is 0.500. The van der Waals surface area contributed by atoms with Gasteiger partial charge in [0.05, 0.1) is 11.1 Å². The van der Waals surface area contributed by atoms with Crippen LogP contribution in [0.15, 0.2) is 48.5 Å². The van der Waals surface area contributed by atoms with Gasteiger partial charge >= 0.3 is 12.4 Å². The number of carbonyl (C=O) groups is 3. The number of carbonyl (C=O) groups excluding carboxylic acids is 3. The molecule has 42 heavy (non-hydrogen) atoms. The van der Waals surface area contributed by atoms with E-state index in [0.717, 1.165) is 5.56 Å². The van der Waals surface area contributed by atoms with Crippen molar-refractivity contribution in [2.24, 2.45) is 11.8 Å². The van der Waals surface area contributed by atoms with Gasteiger partial charge in [-0.25, -0.2) is 0 Å². The Morgan fingerprint density at radius 3 is 1.95 bits per heavy atom. The predicted octanol–water partition coefficient (Wildman–Crippen LogP) is 5.27. The molecule has 0 aliphatic carbocycles. The molecule has 0 saturated carbocycles. The molecule has 0 aromatic heterocycles. The normalized spacial score (nSPS) is 20.4. The van der Waals surface area contributed by atoms with E-state index in [-0.39, 0.29) is 54.2 Å². The molecule has 2 aromatic rings. The Hall–Kier alpha value is -3.57. The summed E-state index contributed by atoms with van der Waals surface area (Å²) >= 11 is 0. The van der Waals surface area contributed by atoms with Crippen molar-refractivity contribution >= 4 is 17.7 Å². The summed E-state index contributed by atoms with van der Waals surface area (Å²) in [4.78, 5) is 41.8. The molecule has 1 N–H and O–H groups in total. The molecular weight excluding hydrogens is 564 g/mol. The summed E-state index contributed by atoms with van der Waals surface area (Å²) in [5.74, 6) is -1.49. The van der Waals surface area contributed by atoms with Crippen LogP contribution < -0.4 is 5.32 Å². The van der Waals surface area contributed by atoms with Gasteiger partial charge in [0.2, 0.25) is 17.7 Å². The first-order chi connectivity index (χ1) is 19.7. The summed E-state index contributed by atoms with van der Waals surface area (Å²) in [7, 11) is 0. The zero-order valence-electron chi connectivity index (χ0n) is 23.1. The van der Waals surface area contributed by atoms with Crippen LogP contribution in [-0.2, 0) is 33.2 Å². The summed E-state index contributed by atoms with van der Waals surface area (Å²) in [5, 5.41) is 2.70. The van der Waals surface area contributed by atoms with Crippen LogP contribution >= 0.6 is 0 Å². The Morgan fingerprint density at radius 1 is 0.833 bits per heavy atom. The van der Waals surface area contributed by atoms with E-state index in [2.05, 4.69) is 5.32 Å². The van der Waals surface area contributed by atoms with Crippen molar-refractivity contribution in [2.45, 2.75) is 50.9 Å². The smallest absolute Gasteiger partial charge is 0.356 e. The van der Waals surface area contributed by atoms with E-state index in [9.17, 15) is 40.7 Å². The lowest BCUT2D eigenvalue weighted by atomic mass is 9.79. The largest absolute Gasteiger partial charge is 0.416 e. The first-order valence-corrected chi connectivity index (χ1v) is 13.9. The Balaban J connectivity index is 1.43. The number of hydrogen-bond donors (Lipinski definition) is 1. The SMILES string of the molecule is CC(=O)N1CCC(C(=O)N2CCC(C(=O)NCCc3cc(C(F)(F)F)cc(C(F)(F)F)c3)C(c3ccccc3)C2)CC1. The van der Waals surface area contributed by atoms with E-state index in [1.807, 2.05) is 30.3 Å². The Labute approximate surface area is 240 Å². The maximum atomic E-state index is 13.4. The first kappa shape index (κ1) is 31.4. The van der Waals surface area contributed by atoms with Gasteiger partial charge in [-0.3, -0.25) is 14.4 Å². The molecule has 2 saturated heterocycles. The molecule has 2 heterocycles. The van der Waals surface area contributed by atoms with Gasteiger partial charge in [0, 0.05) is 57.4 Å². The highest BCUT2D eigenvalue weighted by Crippen LogP contribution is 2.37. The van der Waals surface area contributed by atoms with Gasteiger partial charge in [0.1, 0.15) is 0 Å². The van der Waals surface area contributed by atoms with Gasteiger partial charge in [0.25, 0.3) is 0 Å². The fourth-order valence-corrected chi connectivity index (χ4v) is 5.83. The third kappa shape index (κ3) is 7.63. The molecule has 2 atom stereocenters. The van der Waals surface area contributed by atoms with Crippen molar-refractivity contribution in [3.63, 3.8) is 0 Å². The van der Waals surface area contributed by atoms with Crippen molar-refractivity contribution < 1.29 is 40.7 Å². The number of piperidine rings is 2. The molecule has 2 fully saturated rings. The molecule has 2 unspecified atom stereocenters. The summed E-state index contributed by atoms with van der Waals surface area (Å²) in [6, 6.07) is 10.6. The van der Waals surface area contributed by atoms with Crippen LogP contribution in [0.4, 0.5) is 26.3 Å². The molecule has 2 aliphatic rings. The molecule has 3 amide bonds. The van der Waals surface area contributed by atoms with Gasteiger partial charge in [-0.2, -0.15) is 26.3 Å². The Kier molecular flexibility index (Phi) is 9.52. The number of alkyl halides is 6. The van der Waals surface area contributed by atoms with Crippen LogP contribution in [0, 0.1) is 11.8 Å². The van der Waals surface area contributed by atoms with Crippen molar-refractivity contribution in [3.8, 4) is 0 Å². The van der Waals surface area contributed by atoms with Crippen LogP contribution in [0.2, 0.25) is 0 Å². The molecule has 12 heteroatoms. The highest BCUT2D eigenvalue weighted by Gasteiger charge is 2.39. The van der Waals surface area contributed by atoms with Crippen molar-refractivity contribution in [1.82, 2.24) is 15.1 Å². The van der Waals surface area contributed by atoms with Crippen molar-refractivity contribution in [3.05, 3.63) is 70.8 Å². The van der Waals surface area contributed by atoms with Gasteiger partial charge in [-0.05, 0) is 55.0 Å². The Morgan fingerprint density at radius 2 is 1.40 bits per heavy atom. The lowest BCUT2D eigenvalue weighted by molar-refractivity contribution is -0.143. The number of amides is 3. The predicted molar refractivity (Wildman–Crippen MR) is 142 cm³/mol. The van der Waals surface area contributed by atoms with Gasteiger partial charge in [-0.1, -0.05) is 30.3 Å². The quantitative estimate of drug-likeness (QED) is 0.462. The van der Waals surface area contributed by atoms with Gasteiger partial charge in [-0.15, -0.1) is 0 Å². The average molecular weight is 598 g/mol. The maximum Gasteiger partial charge on any atom is 0.416 e. The number of nitrogens with one attached hydrogen (secondary N) is 1. The van der Waals surface area contributed by atoms with Gasteiger partial charge < -0.3 is 15.1 Å². The zero-order chi connectivity index (χ0) is 30.7. The summed E-state index contributed by atoms with van der Waals surface area (Å²) in [6.07, 6.45) is -8.62. The second-order valence-electron chi connectivity index (χ2n) is 10.9. The fourth-order valence-electron chi connectivity index (χ4n) is 5.83. The molecule has 2 aromatic carbocycles. The second kappa shape index (κ2) is 12.7. The molecule has 0 radical (unpaired) electrons. The molecule has 0 bridgehead atoms. The van der Waals surface area contributed by atoms with Crippen LogP contribution in [-0.4, -0.2) is 60.2 Å². The minimum Gasteiger partial charge on any atom is -0.356 e. The van der Waals surface area contributed by atoms with Crippen molar-refractivity contribution in [1.29, 1.82) is 0 Å². The lowest BCUT2D eigenvalue weighted by Crippen LogP contribution is -2.50. The van der Waals surface area contributed by atoms with E-state index in [4.69, 9.17) is 0 Å². The summed E-state index contributed by atoms with van der Waals surface area (Å²) < 4.78 is 79.3. The van der Waals surface area contributed by atoms with Crippen LogP contribution in [0.5, 0.6) is 0 Å². The Bertz CT molecular complexity index is 1240. The number of nitrogens with zero attached hydrogens (tertiary/aromatic N) is 2. The van der Waals surface area contributed by atoms with E-state index < -0.39 is 29.4 Å². The molecule has 228 valence electrons. The third-order valence-corrected chi connectivity index (χ3v) is 8.14. The number of likely N-dealkylation sites (tertiary alicyclic amines) is 2. The molecule has 2 aliphatic heterocycles. The van der Waals surface area contributed by atoms with Crippen LogP contribution in [0.25, 0.3) is 0 Å². The van der Waals surface area contributed by atoms with Crippen molar-refractivity contribution in [2.75, 3.05) is 32.7 Å². The number of rotatable bonds is 6. The highest BCUT2D eigenvalue weighted by molar-refractivity contribution is 5.82. The first-order valence-electron chi connectivity index (χ1n) is 13.9. The maximum absolute atomic E-state index is 13.4. The van der Waals surface area contributed by atoms with E-state index in [0.29, 0.717) is 57.6 Å². The third-order valence-electron chi connectivity index (χ3n) is 8.14. The summed E-state index contributed by atoms with van der Waals surface area (Å²) in [6.45, 7) is 3.03. The summed E-state index contributed by atoms with van der Waals surface area (Å²) in [5.41, 5.74) is -2.12. The second-order valence-corrected chi connectivity index (χ2v) is 10.9. The lowest BCUT2D eigenvalue weighted by Gasteiger charge is -2.41. The minimum absolute atomic E-state index is 0.0111. The van der Waals surface area contributed by atoms with Gasteiger partial charge in [0.15, 0.2) is 0 Å². The zero-order valence-corrected chi connectivity index (χ0v) is 23.1. The molecule has 4 rings (SSSR count). The molecule has 6 nitrogen and oxygen atoms in total. The molecular formula is C30H33F6N3O3. The monoisotopic (exact) mass is 597 g/mol. The van der Waals surface area contributed by atoms with E-state index >= 15 is 0 Å². The highest BCUT2D eigenvalue weighted by atomic mass is 19.4. The number of halogens is 6. The van der Waals surface area contributed by atoms with E-state index in [1.54, 1.807) is 9.80 Å². The molecule has 0 spiro atoms. The number of hydrogen-bond acceptors (Lipinski definition) is 3.